The van der Waals surface area contributed by atoms with Crippen LogP contribution in [0.2, 0.25) is 0 Å². The van der Waals surface area contributed by atoms with Gasteiger partial charge in [-0.1, -0.05) is 0 Å². The molecular weight excluding hydrogens is 469 g/mol. The van der Waals surface area contributed by atoms with Crippen molar-refractivity contribution in [2.24, 2.45) is 4.99 Å². The molecular formula is C20H36IN5O2. The summed E-state index contributed by atoms with van der Waals surface area (Å²) in [5.41, 5.74) is 0. The van der Waals surface area contributed by atoms with Crippen LogP contribution in [0.15, 0.2) is 27.8 Å². The molecule has 0 spiro atoms. The molecule has 1 aliphatic rings. The molecule has 1 atom stereocenters. The summed E-state index contributed by atoms with van der Waals surface area (Å²) in [5.74, 6) is 1.84. The number of nitrogens with one attached hydrogen (secondary N) is 1. The van der Waals surface area contributed by atoms with Gasteiger partial charge in [-0.3, -0.25) is 14.7 Å². The lowest BCUT2D eigenvalue weighted by Crippen LogP contribution is -2.46. The quantitative estimate of drug-likeness (QED) is 0.318. The minimum Gasteiger partial charge on any atom is -0.468 e. The molecule has 1 aromatic rings. The Morgan fingerprint density at radius 3 is 2.50 bits per heavy atom. The Hall–Kier alpha value is -1.29. The smallest absolute Gasteiger partial charge is 0.242 e. The van der Waals surface area contributed by atoms with Gasteiger partial charge in [0, 0.05) is 26.7 Å². The van der Waals surface area contributed by atoms with E-state index in [1.54, 1.807) is 6.26 Å². The molecule has 1 aromatic heterocycles. The van der Waals surface area contributed by atoms with E-state index in [0.717, 1.165) is 44.4 Å². The second kappa shape index (κ2) is 13.0. The van der Waals surface area contributed by atoms with Gasteiger partial charge in [-0.15, -0.1) is 24.0 Å². The lowest BCUT2D eigenvalue weighted by Gasteiger charge is -2.27. The Morgan fingerprint density at radius 2 is 1.96 bits per heavy atom. The maximum absolute atomic E-state index is 12.4. The number of rotatable bonds is 9. The molecule has 1 N–H and O–H groups in total. The maximum Gasteiger partial charge on any atom is 0.242 e. The molecule has 0 aliphatic carbocycles. The molecule has 0 saturated carbocycles. The van der Waals surface area contributed by atoms with E-state index in [0.29, 0.717) is 13.1 Å². The molecule has 1 fully saturated rings. The van der Waals surface area contributed by atoms with Crippen LogP contribution in [-0.4, -0.2) is 79.4 Å². The topological polar surface area (TPSA) is 64.3 Å². The summed E-state index contributed by atoms with van der Waals surface area (Å²) >= 11 is 0. The van der Waals surface area contributed by atoms with Crippen LogP contribution in [0.4, 0.5) is 0 Å². The van der Waals surface area contributed by atoms with Crippen LogP contribution in [-0.2, 0) is 4.79 Å². The number of halogens is 1. The normalized spacial score (nSPS) is 15.8. The third-order valence-corrected chi connectivity index (χ3v) is 5.05. The van der Waals surface area contributed by atoms with Crippen LogP contribution in [0, 0.1) is 0 Å². The molecule has 0 aromatic carbocycles. The van der Waals surface area contributed by atoms with Crippen molar-refractivity contribution in [2.45, 2.75) is 39.7 Å². The number of guanidine groups is 1. The molecule has 2 heterocycles. The van der Waals surface area contributed by atoms with Crippen LogP contribution in [0.3, 0.4) is 0 Å². The molecule has 0 bridgehead atoms. The number of likely N-dealkylation sites (N-methyl/N-ethyl adjacent to an activating group) is 2. The van der Waals surface area contributed by atoms with Crippen LogP contribution in [0.1, 0.15) is 45.4 Å². The van der Waals surface area contributed by atoms with Gasteiger partial charge >= 0.3 is 0 Å². The Kier molecular flexibility index (Phi) is 11.5. The number of hydrogen-bond donors (Lipinski definition) is 1. The van der Waals surface area contributed by atoms with Gasteiger partial charge in [0.25, 0.3) is 0 Å². The minimum absolute atomic E-state index is 0. The lowest BCUT2D eigenvalue weighted by atomic mass is 10.2. The van der Waals surface area contributed by atoms with E-state index in [-0.39, 0.29) is 35.9 Å². The summed E-state index contributed by atoms with van der Waals surface area (Å²) < 4.78 is 5.68. The van der Waals surface area contributed by atoms with Crippen LogP contribution >= 0.6 is 24.0 Å². The van der Waals surface area contributed by atoms with Crippen molar-refractivity contribution in [3.63, 3.8) is 0 Å². The number of nitrogens with zero attached hydrogens (tertiary/aromatic N) is 4. The molecule has 1 unspecified atom stereocenters. The maximum atomic E-state index is 12.4. The number of hydrogen-bond acceptors (Lipinski definition) is 4. The molecule has 7 nitrogen and oxygen atoms in total. The first-order chi connectivity index (χ1) is 13.1. The average Bonchev–Trinajstić information content (AvgIpc) is 3.36. The van der Waals surface area contributed by atoms with Crippen molar-refractivity contribution >= 4 is 35.8 Å². The second-order valence-electron chi connectivity index (χ2n) is 6.89. The fourth-order valence-electron chi connectivity index (χ4n) is 3.52. The third kappa shape index (κ3) is 6.95. The predicted molar refractivity (Wildman–Crippen MR) is 124 cm³/mol. The van der Waals surface area contributed by atoms with E-state index in [9.17, 15) is 4.79 Å². The third-order valence-electron chi connectivity index (χ3n) is 5.05. The first-order valence-corrected chi connectivity index (χ1v) is 10.1. The summed E-state index contributed by atoms with van der Waals surface area (Å²) in [5, 5.41) is 3.31. The van der Waals surface area contributed by atoms with Gasteiger partial charge in [-0.2, -0.15) is 0 Å². The zero-order valence-corrected chi connectivity index (χ0v) is 20.0. The number of amides is 1. The highest BCUT2D eigenvalue weighted by Crippen LogP contribution is 2.25. The highest BCUT2D eigenvalue weighted by Gasteiger charge is 2.25. The average molecular weight is 505 g/mol. The van der Waals surface area contributed by atoms with E-state index in [4.69, 9.17) is 9.41 Å². The first kappa shape index (κ1) is 24.7. The van der Waals surface area contributed by atoms with Crippen LogP contribution < -0.4 is 5.32 Å². The fraction of sp³-hybridized carbons (Fsp3) is 0.700. The Bertz CT molecular complexity index is 583. The highest BCUT2D eigenvalue weighted by molar-refractivity contribution is 14.0. The van der Waals surface area contributed by atoms with E-state index in [1.165, 1.54) is 12.8 Å². The lowest BCUT2D eigenvalue weighted by molar-refractivity contribution is -0.131. The zero-order valence-electron chi connectivity index (χ0n) is 17.7. The number of likely N-dealkylation sites (tertiary alicyclic amines) is 1. The SMILES string of the molecule is CCNC(=NCC(c1ccco1)N1CCCC1)N(C)CC(=O)N(CC)CC.I. The van der Waals surface area contributed by atoms with Crippen molar-refractivity contribution < 1.29 is 9.21 Å². The number of carbonyl (C=O) groups is 1. The fourth-order valence-corrected chi connectivity index (χ4v) is 3.52. The van der Waals surface area contributed by atoms with E-state index in [2.05, 4.69) is 10.2 Å². The van der Waals surface area contributed by atoms with Gasteiger partial charge in [0.15, 0.2) is 5.96 Å². The summed E-state index contributed by atoms with van der Waals surface area (Å²) in [6.45, 7) is 11.4. The van der Waals surface area contributed by atoms with Gasteiger partial charge in [0.1, 0.15) is 5.76 Å². The number of carbonyl (C=O) groups excluding carboxylic acids is 1. The molecule has 28 heavy (non-hydrogen) atoms. The number of aliphatic imine (C=N–C) groups is 1. The van der Waals surface area contributed by atoms with Gasteiger partial charge in [-0.05, 0) is 58.8 Å². The molecule has 2 rings (SSSR count). The Morgan fingerprint density at radius 1 is 1.29 bits per heavy atom. The van der Waals surface area contributed by atoms with Crippen LogP contribution in [0.5, 0.6) is 0 Å². The van der Waals surface area contributed by atoms with Crippen molar-refractivity contribution in [2.75, 3.05) is 52.9 Å². The molecule has 1 saturated heterocycles. The molecule has 160 valence electrons. The monoisotopic (exact) mass is 505 g/mol. The Labute approximate surface area is 186 Å². The molecule has 8 heteroatoms. The van der Waals surface area contributed by atoms with E-state index < -0.39 is 0 Å². The van der Waals surface area contributed by atoms with Crippen molar-refractivity contribution in [3.8, 4) is 0 Å². The standard InChI is InChI=1S/C20H35N5O2.HI/c1-5-21-20(23(4)16-19(26)24(6-2)7-3)22-15-17(18-11-10-14-27-18)25-12-8-9-13-25;/h10-11,14,17H,5-9,12-13,15-16H2,1-4H3,(H,21,22);1H. The highest BCUT2D eigenvalue weighted by atomic mass is 127. The first-order valence-electron chi connectivity index (χ1n) is 10.1. The van der Waals surface area contributed by atoms with E-state index >= 15 is 0 Å². The summed E-state index contributed by atoms with van der Waals surface area (Å²) in [6.07, 6.45) is 4.17. The predicted octanol–water partition coefficient (Wildman–Crippen LogP) is 2.80. The largest absolute Gasteiger partial charge is 0.468 e. The molecule has 1 aliphatic heterocycles. The van der Waals surface area contributed by atoms with Gasteiger partial charge < -0.3 is 19.5 Å². The van der Waals surface area contributed by atoms with Crippen molar-refractivity contribution in [1.82, 2.24) is 20.0 Å². The summed E-state index contributed by atoms with van der Waals surface area (Å²) in [4.78, 5) is 23.5. The minimum atomic E-state index is 0. The molecule has 1 amide bonds. The van der Waals surface area contributed by atoms with Crippen LogP contribution in [0.25, 0.3) is 0 Å². The van der Waals surface area contributed by atoms with Gasteiger partial charge in [-0.25, -0.2) is 0 Å². The summed E-state index contributed by atoms with van der Waals surface area (Å²) in [6, 6.07) is 4.10. The van der Waals surface area contributed by atoms with Crippen molar-refractivity contribution in [1.29, 1.82) is 0 Å². The number of furan rings is 1. The van der Waals surface area contributed by atoms with Crippen molar-refractivity contribution in [3.05, 3.63) is 24.2 Å². The second-order valence-corrected chi connectivity index (χ2v) is 6.89. The zero-order chi connectivity index (χ0) is 19.6. The van der Waals surface area contributed by atoms with Gasteiger partial charge in [0.2, 0.25) is 5.91 Å². The molecule has 0 radical (unpaired) electrons. The summed E-state index contributed by atoms with van der Waals surface area (Å²) in [7, 11) is 1.92. The Balaban J connectivity index is 0.00000392. The van der Waals surface area contributed by atoms with Gasteiger partial charge in [0.05, 0.1) is 25.4 Å². The van der Waals surface area contributed by atoms with E-state index in [1.807, 2.05) is 49.8 Å².